The lowest BCUT2D eigenvalue weighted by molar-refractivity contribution is 0.00551. The number of nitrogens with one attached hydrogen (secondary N) is 1. The van der Waals surface area contributed by atoms with Crippen molar-refractivity contribution >= 4 is 5.91 Å². The van der Waals surface area contributed by atoms with Crippen LogP contribution in [0, 0.1) is 5.92 Å². The zero-order valence-electron chi connectivity index (χ0n) is 19.1. The van der Waals surface area contributed by atoms with Crippen LogP contribution in [0.15, 0.2) is 42.5 Å². The Kier molecular flexibility index (Phi) is 8.46. The van der Waals surface area contributed by atoms with E-state index in [1.807, 2.05) is 6.07 Å². The molecule has 4 rings (SSSR count). The van der Waals surface area contributed by atoms with Crippen molar-refractivity contribution in [1.82, 2.24) is 5.32 Å². The van der Waals surface area contributed by atoms with Gasteiger partial charge in [0, 0.05) is 31.3 Å². The molecule has 1 heterocycles. The van der Waals surface area contributed by atoms with Crippen LogP contribution >= 0.6 is 0 Å². The molecular formula is C25H32N2O7. The molecule has 0 aromatic heterocycles. The molecule has 2 aliphatic rings. The van der Waals surface area contributed by atoms with Gasteiger partial charge in [-0.05, 0) is 55.2 Å². The molecule has 1 saturated carbocycles. The fourth-order valence-electron chi connectivity index (χ4n) is 3.39. The van der Waals surface area contributed by atoms with Gasteiger partial charge in [-0.3, -0.25) is 4.79 Å². The van der Waals surface area contributed by atoms with Crippen molar-refractivity contribution in [2.75, 3.05) is 46.1 Å². The highest BCUT2D eigenvalue weighted by atomic mass is 16.6. The third-order valence-electron chi connectivity index (χ3n) is 5.50. The maximum Gasteiger partial charge on any atom is 0.248 e. The van der Waals surface area contributed by atoms with Gasteiger partial charge in [0.2, 0.25) is 5.91 Å². The Balaban J connectivity index is 1.09. The second-order valence-corrected chi connectivity index (χ2v) is 8.55. The first-order valence-electron chi connectivity index (χ1n) is 11.6. The number of amides is 1. The molecule has 184 valence electrons. The van der Waals surface area contributed by atoms with Crippen LogP contribution in [0.5, 0.6) is 23.0 Å². The molecule has 1 aliphatic heterocycles. The Hall–Kier alpha value is -3.01. The van der Waals surface area contributed by atoms with Crippen molar-refractivity contribution in [3.05, 3.63) is 48.0 Å². The maximum atomic E-state index is 11.1. The molecular weight excluding hydrogens is 440 g/mol. The van der Waals surface area contributed by atoms with Gasteiger partial charge in [0.25, 0.3) is 0 Å². The fourth-order valence-corrected chi connectivity index (χ4v) is 3.39. The van der Waals surface area contributed by atoms with Crippen molar-refractivity contribution in [3.63, 3.8) is 0 Å². The molecule has 2 aromatic carbocycles. The second-order valence-electron chi connectivity index (χ2n) is 8.55. The van der Waals surface area contributed by atoms with Crippen LogP contribution in [-0.4, -0.2) is 69.3 Å². The van der Waals surface area contributed by atoms with Gasteiger partial charge in [-0.1, -0.05) is 0 Å². The van der Waals surface area contributed by atoms with E-state index >= 15 is 0 Å². The maximum absolute atomic E-state index is 11.1. The average molecular weight is 473 g/mol. The number of rotatable bonds is 14. The summed E-state index contributed by atoms with van der Waals surface area (Å²) in [6.07, 6.45) is 1.74. The standard InChI is InChI=1S/C25H32N2O7/c26-25(29)18-3-5-20(6-4-18)31-10-9-27-12-19(28)14-32-21-7-8-23-24(11-21)33-16-22(34-23)15-30-13-17-1-2-17/h3-8,11,17,19,22,27-28H,1-2,9-10,12-16H2,(H2,26,29)/t19-,22-/m0/s1. The Morgan fingerprint density at radius 2 is 1.88 bits per heavy atom. The first-order valence-corrected chi connectivity index (χ1v) is 11.6. The van der Waals surface area contributed by atoms with Crippen LogP contribution < -0.4 is 30.0 Å². The molecule has 34 heavy (non-hydrogen) atoms. The molecule has 0 spiro atoms. The third kappa shape index (κ3) is 7.51. The molecule has 4 N–H and O–H groups in total. The van der Waals surface area contributed by atoms with E-state index in [1.165, 1.54) is 12.8 Å². The second kappa shape index (κ2) is 11.9. The molecule has 9 nitrogen and oxygen atoms in total. The number of primary amides is 1. The summed E-state index contributed by atoms with van der Waals surface area (Å²) in [5.74, 6) is 2.80. The molecule has 0 saturated heterocycles. The van der Waals surface area contributed by atoms with Crippen LogP contribution in [0.25, 0.3) is 0 Å². The van der Waals surface area contributed by atoms with Crippen molar-refractivity contribution < 1.29 is 33.6 Å². The van der Waals surface area contributed by atoms with E-state index in [-0.39, 0.29) is 12.7 Å². The topological polar surface area (TPSA) is 122 Å². The Bertz CT molecular complexity index is 933. The number of aliphatic hydroxyl groups excluding tert-OH is 1. The normalized spacial score (nSPS) is 17.7. The number of aliphatic hydroxyl groups is 1. The van der Waals surface area contributed by atoms with E-state index in [1.54, 1.807) is 36.4 Å². The molecule has 2 aromatic rings. The molecule has 1 aliphatic carbocycles. The molecule has 1 fully saturated rings. The van der Waals surface area contributed by atoms with Gasteiger partial charge in [0.05, 0.1) is 6.61 Å². The summed E-state index contributed by atoms with van der Waals surface area (Å²) >= 11 is 0. The number of carbonyl (C=O) groups is 1. The number of benzene rings is 2. The van der Waals surface area contributed by atoms with Crippen molar-refractivity contribution in [1.29, 1.82) is 0 Å². The number of carbonyl (C=O) groups excluding carboxylic acids is 1. The molecule has 0 unspecified atom stereocenters. The average Bonchev–Trinajstić information content (AvgIpc) is 3.67. The van der Waals surface area contributed by atoms with Gasteiger partial charge < -0.3 is 39.8 Å². The van der Waals surface area contributed by atoms with Crippen molar-refractivity contribution in [3.8, 4) is 23.0 Å². The minimum atomic E-state index is -0.684. The van der Waals surface area contributed by atoms with E-state index < -0.39 is 12.0 Å². The highest BCUT2D eigenvalue weighted by Crippen LogP contribution is 2.35. The van der Waals surface area contributed by atoms with Gasteiger partial charge in [-0.15, -0.1) is 0 Å². The summed E-state index contributed by atoms with van der Waals surface area (Å²) < 4.78 is 28.7. The highest BCUT2D eigenvalue weighted by molar-refractivity contribution is 5.92. The lowest BCUT2D eigenvalue weighted by Gasteiger charge is -2.26. The number of ether oxygens (including phenoxy) is 5. The molecule has 0 radical (unpaired) electrons. The summed E-state index contributed by atoms with van der Waals surface area (Å²) in [7, 11) is 0. The quantitative estimate of drug-likeness (QED) is 0.356. The zero-order valence-corrected chi connectivity index (χ0v) is 19.1. The van der Waals surface area contributed by atoms with Crippen LogP contribution in [-0.2, 0) is 4.74 Å². The Morgan fingerprint density at radius 1 is 1.09 bits per heavy atom. The fraction of sp³-hybridized carbons (Fsp3) is 0.480. The molecule has 2 atom stereocenters. The predicted octanol–water partition coefficient (Wildman–Crippen LogP) is 1.76. The summed E-state index contributed by atoms with van der Waals surface area (Å²) in [5, 5.41) is 13.3. The first kappa shape index (κ1) is 24.1. The SMILES string of the molecule is NC(=O)c1ccc(OCCNC[C@H](O)COc2ccc3c(c2)OC[C@H](COCC2CC2)O3)cc1. The highest BCUT2D eigenvalue weighted by Gasteiger charge is 2.25. The monoisotopic (exact) mass is 472 g/mol. The predicted molar refractivity (Wildman–Crippen MR) is 125 cm³/mol. The zero-order chi connectivity index (χ0) is 23.8. The van der Waals surface area contributed by atoms with Gasteiger partial charge >= 0.3 is 0 Å². The number of nitrogens with two attached hydrogens (primary N) is 1. The van der Waals surface area contributed by atoms with Gasteiger partial charge in [-0.25, -0.2) is 0 Å². The number of hydrogen-bond donors (Lipinski definition) is 3. The van der Waals surface area contributed by atoms with E-state index in [0.717, 1.165) is 12.5 Å². The summed E-state index contributed by atoms with van der Waals surface area (Å²) in [4.78, 5) is 11.1. The molecule has 0 bridgehead atoms. The first-order chi connectivity index (χ1) is 16.6. The number of hydrogen-bond acceptors (Lipinski definition) is 8. The Labute approximate surface area is 199 Å². The third-order valence-corrected chi connectivity index (χ3v) is 5.50. The summed E-state index contributed by atoms with van der Waals surface area (Å²) in [6, 6.07) is 12.0. The van der Waals surface area contributed by atoms with E-state index in [9.17, 15) is 9.90 Å². The van der Waals surface area contributed by atoms with Crippen molar-refractivity contribution in [2.45, 2.75) is 25.0 Å². The summed E-state index contributed by atoms with van der Waals surface area (Å²) in [6.45, 7) is 3.22. The smallest absolute Gasteiger partial charge is 0.248 e. The van der Waals surface area contributed by atoms with Crippen LogP contribution in [0.4, 0.5) is 0 Å². The van der Waals surface area contributed by atoms with Gasteiger partial charge in [-0.2, -0.15) is 0 Å². The largest absolute Gasteiger partial charge is 0.492 e. The van der Waals surface area contributed by atoms with E-state index in [4.69, 9.17) is 29.4 Å². The van der Waals surface area contributed by atoms with E-state index in [0.29, 0.717) is 61.5 Å². The molecule has 1 amide bonds. The van der Waals surface area contributed by atoms with Crippen LogP contribution in [0.2, 0.25) is 0 Å². The summed E-state index contributed by atoms with van der Waals surface area (Å²) in [5.41, 5.74) is 5.65. The lowest BCUT2D eigenvalue weighted by Crippen LogP contribution is -2.34. The molecule has 9 heteroatoms. The van der Waals surface area contributed by atoms with Gasteiger partial charge in [0.1, 0.15) is 37.4 Å². The minimum Gasteiger partial charge on any atom is -0.492 e. The van der Waals surface area contributed by atoms with Gasteiger partial charge in [0.15, 0.2) is 17.6 Å². The van der Waals surface area contributed by atoms with Crippen LogP contribution in [0.3, 0.4) is 0 Å². The minimum absolute atomic E-state index is 0.107. The van der Waals surface area contributed by atoms with Crippen molar-refractivity contribution in [2.24, 2.45) is 11.7 Å². The Morgan fingerprint density at radius 3 is 2.65 bits per heavy atom. The number of fused-ring (bicyclic) bond motifs is 1. The lowest BCUT2D eigenvalue weighted by atomic mass is 10.2. The van der Waals surface area contributed by atoms with E-state index in [2.05, 4.69) is 5.32 Å². The van der Waals surface area contributed by atoms with Crippen LogP contribution in [0.1, 0.15) is 23.2 Å².